The molecule has 4 rings (SSSR count). The van der Waals surface area contributed by atoms with E-state index in [4.69, 9.17) is 4.74 Å². The number of benzene rings is 2. The number of carbonyl (C=O) groups is 2. The first-order valence-corrected chi connectivity index (χ1v) is 11.4. The predicted molar refractivity (Wildman–Crippen MR) is 124 cm³/mol. The highest BCUT2D eigenvalue weighted by molar-refractivity contribution is 7.99. The summed E-state index contributed by atoms with van der Waals surface area (Å²) in [6.07, 6.45) is 0. The van der Waals surface area contributed by atoms with Gasteiger partial charge in [0.25, 0.3) is 0 Å². The van der Waals surface area contributed by atoms with Gasteiger partial charge >= 0.3 is 0 Å². The molecule has 9 heteroatoms. The second-order valence-electron chi connectivity index (χ2n) is 7.41. The molecule has 3 aromatic rings. The van der Waals surface area contributed by atoms with E-state index in [1.165, 1.54) is 11.8 Å². The van der Waals surface area contributed by atoms with Gasteiger partial charge in [0.2, 0.25) is 11.9 Å². The maximum absolute atomic E-state index is 12.4. The number of nitrogens with one attached hydrogen (secondary N) is 1. The van der Waals surface area contributed by atoms with Gasteiger partial charge in [-0.25, -0.2) is 0 Å². The molecule has 1 aliphatic heterocycles. The van der Waals surface area contributed by atoms with Crippen LogP contribution in [0.1, 0.15) is 15.9 Å². The average molecular weight is 452 g/mol. The molecule has 0 aliphatic carbocycles. The first-order valence-electron chi connectivity index (χ1n) is 10.4. The number of aromatic nitrogens is 3. The molecule has 1 aliphatic rings. The van der Waals surface area contributed by atoms with E-state index in [-0.39, 0.29) is 24.0 Å². The lowest BCUT2D eigenvalue weighted by Gasteiger charge is -2.28. The number of nitrogens with zero attached hydrogens (tertiary/aromatic N) is 4. The fourth-order valence-electron chi connectivity index (χ4n) is 3.40. The minimum Gasteiger partial charge on any atom is -0.378 e. The Morgan fingerprint density at radius 3 is 2.59 bits per heavy atom. The van der Waals surface area contributed by atoms with Gasteiger partial charge in [0.1, 0.15) is 0 Å². The van der Waals surface area contributed by atoms with Gasteiger partial charge in [0, 0.05) is 18.7 Å². The Balaban J connectivity index is 1.45. The van der Waals surface area contributed by atoms with Crippen LogP contribution in [0, 0.1) is 6.92 Å². The molecule has 0 radical (unpaired) electrons. The number of hydrogen-bond donors (Lipinski definition) is 1. The maximum Gasteiger partial charge on any atom is 0.232 e. The second kappa shape index (κ2) is 10.4. The van der Waals surface area contributed by atoms with Crippen LogP contribution in [0.3, 0.4) is 0 Å². The monoisotopic (exact) mass is 451 g/mol. The Morgan fingerprint density at radius 1 is 1.06 bits per heavy atom. The number of ether oxygens (including phenoxy) is 1. The van der Waals surface area contributed by atoms with Crippen molar-refractivity contribution in [1.29, 1.82) is 0 Å². The summed E-state index contributed by atoms with van der Waals surface area (Å²) in [7, 11) is 0. The van der Waals surface area contributed by atoms with Gasteiger partial charge in [-0.3, -0.25) is 14.2 Å². The maximum atomic E-state index is 12.4. The molecule has 166 valence electrons. The van der Waals surface area contributed by atoms with E-state index < -0.39 is 0 Å². The van der Waals surface area contributed by atoms with Crippen LogP contribution in [-0.2, 0) is 9.53 Å². The predicted octanol–water partition coefficient (Wildman–Crippen LogP) is 2.50. The van der Waals surface area contributed by atoms with Crippen molar-refractivity contribution in [3.05, 3.63) is 65.7 Å². The number of anilines is 1. The van der Waals surface area contributed by atoms with Crippen LogP contribution in [0.15, 0.2) is 59.8 Å². The minimum atomic E-state index is -0.231. The molecule has 1 aromatic heterocycles. The summed E-state index contributed by atoms with van der Waals surface area (Å²) < 4.78 is 7.44. The van der Waals surface area contributed by atoms with Gasteiger partial charge in [-0.15, -0.1) is 10.2 Å². The van der Waals surface area contributed by atoms with Crippen LogP contribution in [0.25, 0.3) is 5.69 Å². The highest BCUT2D eigenvalue weighted by Gasteiger charge is 2.22. The molecule has 1 fully saturated rings. The summed E-state index contributed by atoms with van der Waals surface area (Å²) in [5.74, 6) is 0.517. The number of rotatable bonds is 8. The lowest BCUT2D eigenvalue weighted by molar-refractivity contribution is -0.118. The molecule has 0 unspecified atom stereocenters. The van der Waals surface area contributed by atoms with Crippen LogP contribution in [0.5, 0.6) is 0 Å². The van der Waals surface area contributed by atoms with Crippen LogP contribution in [0.2, 0.25) is 0 Å². The van der Waals surface area contributed by atoms with Gasteiger partial charge in [-0.05, 0) is 24.6 Å². The molecule has 0 saturated carbocycles. The third-order valence-corrected chi connectivity index (χ3v) is 5.97. The first kappa shape index (κ1) is 22.0. The zero-order valence-electron chi connectivity index (χ0n) is 17.9. The quantitative estimate of drug-likeness (QED) is 0.416. The lowest BCUT2D eigenvalue weighted by Crippen LogP contribution is -2.37. The van der Waals surface area contributed by atoms with E-state index in [0.29, 0.717) is 23.9 Å². The Morgan fingerprint density at radius 2 is 1.84 bits per heavy atom. The van der Waals surface area contributed by atoms with Crippen molar-refractivity contribution in [3.8, 4) is 5.69 Å². The van der Waals surface area contributed by atoms with E-state index >= 15 is 0 Å². The van der Waals surface area contributed by atoms with E-state index in [1.54, 1.807) is 24.3 Å². The third-order valence-electron chi connectivity index (χ3n) is 5.04. The molecular formula is C23H25N5O3S. The number of Topliss-reactive ketones (excluding diaryl/α,β-unsaturated/α-hetero) is 1. The van der Waals surface area contributed by atoms with Gasteiger partial charge in [-0.1, -0.05) is 54.2 Å². The van der Waals surface area contributed by atoms with E-state index in [2.05, 4.69) is 26.5 Å². The van der Waals surface area contributed by atoms with Gasteiger partial charge in [0.05, 0.1) is 31.2 Å². The summed E-state index contributed by atoms with van der Waals surface area (Å²) in [4.78, 5) is 26.7. The molecule has 1 amide bonds. The summed E-state index contributed by atoms with van der Waals surface area (Å²) in [6.45, 7) is 4.74. The third kappa shape index (κ3) is 5.35. The van der Waals surface area contributed by atoms with Crippen molar-refractivity contribution in [2.75, 3.05) is 43.5 Å². The number of hydrogen-bond acceptors (Lipinski definition) is 7. The van der Waals surface area contributed by atoms with Crippen molar-refractivity contribution < 1.29 is 14.3 Å². The van der Waals surface area contributed by atoms with E-state index in [0.717, 1.165) is 30.3 Å². The second-order valence-corrected chi connectivity index (χ2v) is 8.35. The highest BCUT2D eigenvalue weighted by Crippen LogP contribution is 2.27. The average Bonchev–Trinajstić information content (AvgIpc) is 3.26. The molecule has 0 spiro atoms. The first-order chi connectivity index (χ1) is 15.6. The van der Waals surface area contributed by atoms with E-state index in [9.17, 15) is 9.59 Å². The summed E-state index contributed by atoms with van der Waals surface area (Å²) >= 11 is 1.30. The Kier molecular flexibility index (Phi) is 7.18. The number of carbonyl (C=O) groups excluding carboxylic acids is 2. The van der Waals surface area contributed by atoms with Gasteiger partial charge < -0.3 is 15.0 Å². The summed E-state index contributed by atoms with van der Waals surface area (Å²) in [5.41, 5.74) is 2.64. The Hall–Kier alpha value is -3.17. The SMILES string of the molecule is Cc1cccc(-n2c(SCC(=O)NCC(=O)c3ccccc3)nnc2N2CCOCC2)c1. The zero-order valence-corrected chi connectivity index (χ0v) is 18.7. The largest absolute Gasteiger partial charge is 0.378 e. The van der Waals surface area contributed by atoms with Gasteiger partial charge in [-0.2, -0.15) is 0 Å². The number of morpholine rings is 1. The smallest absolute Gasteiger partial charge is 0.232 e. The van der Waals surface area contributed by atoms with Crippen LogP contribution >= 0.6 is 11.8 Å². The molecule has 8 nitrogen and oxygen atoms in total. The van der Waals surface area contributed by atoms with Crippen LogP contribution in [-0.4, -0.2) is 65.1 Å². The lowest BCUT2D eigenvalue weighted by atomic mass is 10.1. The Bertz CT molecular complexity index is 1080. The summed E-state index contributed by atoms with van der Waals surface area (Å²) in [5, 5.41) is 12.1. The standard InChI is InChI=1S/C23H25N5O3S/c1-17-6-5-9-19(14-17)28-22(27-10-12-31-13-11-27)25-26-23(28)32-16-21(30)24-15-20(29)18-7-3-2-4-8-18/h2-9,14H,10-13,15-16H2,1H3,(H,24,30). The van der Waals surface area contributed by atoms with Crippen molar-refractivity contribution in [3.63, 3.8) is 0 Å². The van der Waals surface area contributed by atoms with Crippen molar-refractivity contribution in [2.45, 2.75) is 12.1 Å². The number of amides is 1. The Labute approximate surface area is 191 Å². The van der Waals surface area contributed by atoms with Crippen LogP contribution < -0.4 is 10.2 Å². The molecule has 1 N–H and O–H groups in total. The minimum absolute atomic E-state index is 0.0347. The molecular weight excluding hydrogens is 426 g/mol. The number of aryl methyl sites for hydroxylation is 1. The fourth-order valence-corrected chi connectivity index (χ4v) is 4.18. The highest BCUT2D eigenvalue weighted by atomic mass is 32.2. The van der Waals surface area contributed by atoms with Crippen LogP contribution in [0.4, 0.5) is 5.95 Å². The van der Waals surface area contributed by atoms with Crippen molar-refractivity contribution in [1.82, 2.24) is 20.1 Å². The molecule has 2 heterocycles. The van der Waals surface area contributed by atoms with Crippen molar-refractivity contribution in [2.24, 2.45) is 0 Å². The van der Waals surface area contributed by atoms with Crippen molar-refractivity contribution >= 4 is 29.4 Å². The zero-order chi connectivity index (χ0) is 22.3. The number of ketones is 1. The fraction of sp³-hybridized carbons (Fsp3) is 0.304. The number of thioether (sulfide) groups is 1. The van der Waals surface area contributed by atoms with E-state index in [1.807, 2.05) is 35.8 Å². The van der Waals surface area contributed by atoms with Gasteiger partial charge in [0.15, 0.2) is 10.9 Å². The normalized spacial score (nSPS) is 13.7. The molecule has 0 bridgehead atoms. The molecule has 2 aromatic carbocycles. The molecule has 1 saturated heterocycles. The topological polar surface area (TPSA) is 89.3 Å². The molecule has 0 atom stereocenters. The summed E-state index contributed by atoms with van der Waals surface area (Å²) in [6, 6.07) is 17.0. The molecule has 32 heavy (non-hydrogen) atoms.